The summed E-state index contributed by atoms with van der Waals surface area (Å²) in [5, 5.41) is 10.4. The van der Waals surface area contributed by atoms with Gasteiger partial charge in [0.25, 0.3) is 0 Å². The van der Waals surface area contributed by atoms with Crippen LogP contribution in [0.2, 0.25) is 0 Å². The molecule has 0 saturated carbocycles. The minimum atomic E-state index is 0.381. The van der Waals surface area contributed by atoms with Crippen molar-refractivity contribution >= 4 is 15.9 Å². The number of aryl methyl sites for hydroxylation is 1. The Labute approximate surface area is 101 Å². The number of rotatable bonds is 7. The van der Waals surface area contributed by atoms with Gasteiger partial charge in [-0.15, -0.1) is 0 Å². The molecule has 0 unspecified atom stereocenters. The Bertz CT molecular complexity index is 273. The molecule has 0 radical (unpaired) electrons. The topological polar surface area (TPSA) is 20.2 Å². The highest BCUT2D eigenvalue weighted by atomic mass is 79.9. The van der Waals surface area contributed by atoms with E-state index >= 15 is 0 Å². The molecule has 0 aliphatic rings. The van der Waals surface area contributed by atoms with E-state index in [2.05, 4.69) is 22.0 Å². The predicted molar refractivity (Wildman–Crippen MR) is 68.7 cm³/mol. The number of hydrogen-bond acceptors (Lipinski definition) is 1. The molecule has 0 aromatic heterocycles. The van der Waals surface area contributed by atoms with Crippen molar-refractivity contribution in [3.8, 4) is 5.75 Å². The maximum Gasteiger partial charge on any atom is 0.115 e. The number of alkyl halides is 1. The Morgan fingerprint density at radius 1 is 1.00 bits per heavy atom. The van der Waals surface area contributed by atoms with E-state index in [1.807, 2.05) is 12.1 Å². The first-order valence-corrected chi connectivity index (χ1v) is 6.79. The van der Waals surface area contributed by atoms with Crippen LogP contribution in [0.4, 0.5) is 0 Å². The quantitative estimate of drug-likeness (QED) is 0.579. The molecule has 1 aromatic rings. The van der Waals surface area contributed by atoms with Crippen molar-refractivity contribution in [2.75, 3.05) is 5.33 Å². The lowest BCUT2D eigenvalue weighted by Gasteiger charge is -2.02. The van der Waals surface area contributed by atoms with Crippen LogP contribution in [0.25, 0.3) is 0 Å². The molecule has 0 saturated heterocycles. The summed E-state index contributed by atoms with van der Waals surface area (Å²) in [4.78, 5) is 0. The number of halogens is 1. The van der Waals surface area contributed by atoms with Crippen LogP contribution in [0.1, 0.15) is 37.7 Å². The fraction of sp³-hybridized carbons (Fsp3) is 0.538. The molecule has 0 bridgehead atoms. The molecule has 1 rings (SSSR count). The maximum atomic E-state index is 9.28. The first kappa shape index (κ1) is 12.6. The van der Waals surface area contributed by atoms with Crippen LogP contribution in [0.5, 0.6) is 5.75 Å². The zero-order valence-electron chi connectivity index (χ0n) is 9.08. The average molecular weight is 271 g/mol. The monoisotopic (exact) mass is 270 g/mol. The van der Waals surface area contributed by atoms with Gasteiger partial charge in [-0.05, 0) is 37.0 Å². The van der Waals surface area contributed by atoms with Gasteiger partial charge in [-0.3, -0.25) is 0 Å². The predicted octanol–water partition coefficient (Wildman–Crippen LogP) is 4.28. The summed E-state index contributed by atoms with van der Waals surface area (Å²) in [6, 6.07) is 7.58. The summed E-state index contributed by atoms with van der Waals surface area (Å²) >= 11 is 3.44. The van der Waals surface area contributed by atoms with E-state index in [0.717, 1.165) is 11.8 Å². The third kappa shape index (κ3) is 5.83. The molecule has 2 heteroatoms. The highest BCUT2D eigenvalue weighted by Gasteiger charge is 1.95. The minimum absolute atomic E-state index is 0.381. The highest BCUT2D eigenvalue weighted by Crippen LogP contribution is 2.14. The number of hydrogen-bond donors (Lipinski definition) is 1. The van der Waals surface area contributed by atoms with Crippen LogP contribution in [-0.2, 0) is 6.42 Å². The second-order valence-electron chi connectivity index (χ2n) is 3.88. The van der Waals surface area contributed by atoms with Crippen molar-refractivity contribution in [2.45, 2.75) is 38.5 Å². The summed E-state index contributed by atoms with van der Waals surface area (Å²) in [6.45, 7) is 0. The average Bonchev–Trinajstić information content (AvgIpc) is 2.23. The second kappa shape index (κ2) is 7.75. The fourth-order valence-electron chi connectivity index (χ4n) is 1.67. The Hall–Kier alpha value is -0.500. The van der Waals surface area contributed by atoms with E-state index in [4.69, 9.17) is 0 Å². The van der Waals surface area contributed by atoms with Gasteiger partial charge in [0, 0.05) is 5.33 Å². The van der Waals surface area contributed by atoms with E-state index < -0.39 is 0 Å². The zero-order chi connectivity index (χ0) is 10.9. The zero-order valence-corrected chi connectivity index (χ0v) is 10.7. The summed E-state index contributed by atoms with van der Waals surface area (Å²) < 4.78 is 0. The van der Waals surface area contributed by atoms with Crippen molar-refractivity contribution in [3.05, 3.63) is 29.8 Å². The fourth-order valence-corrected chi connectivity index (χ4v) is 2.06. The first-order chi connectivity index (χ1) is 7.33. The van der Waals surface area contributed by atoms with E-state index in [1.165, 1.54) is 37.7 Å². The van der Waals surface area contributed by atoms with Crippen molar-refractivity contribution in [3.63, 3.8) is 0 Å². The molecular weight excluding hydrogens is 252 g/mol. The number of aromatic hydroxyl groups is 1. The van der Waals surface area contributed by atoms with Gasteiger partial charge in [-0.25, -0.2) is 0 Å². The maximum absolute atomic E-state index is 9.28. The number of phenols is 1. The highest BCUT2D eigenvalue weighted by molar-refractivity contribution is 9.09. The third-order valence-corrected chi connectivity index (χ3v) is 3.07. The smallest absolute Gasteiger partial charge is 0.115 e. The summed E-state index contributed by atoms with van der Waals surface area (Å²) in [5.74, 6) is 0.381. The lowest BCUT2D eigenvalue weighted by atomic mass is 10.1. The van der Waals surface area contributed by atoms with Crippen LogP contribution < -0.4 is 0 Å². The Morgan fingerprint density at radius 2 is 1.73 bits per heavy atom. The lowest BCUT2D eigenvalue weighted by Crippen LogP contribution is -1.86. The molecule has 0 fully saturated rings. The van der Waals surface area contributed by atoms with Crippen LogP contribution in [0.15, 0.2) is 24.3 Å². The molecule has 1 N–H and O–H groups in total. The van der Waals surface area contributed by atoms with E-state index in [0.29, 0.717) is 5.75 Å². The molecule has 0 spiro atoms. The van der Waals surface area contributed by atoms with Gasteiger partial charge >= 0.3 is 0 Å². The Morgan fingerprint density at radius 3 is 2.47 bits per heavy atom. The molecule has 0 heterocycles. The molecule has 0 aliphatic heterocycles. The SMILES string of the molecule is Oc1cccc(CCCCCCCBr)c1. The Kier molecular flexibility index (Phi) is 6.49. The molecular formula is C13H19BrO. The molecule has 0 amide bonds. The number of unbranched alkanes of at least 4 members (excludes halogenated alkanes) is 4. The minimum Gasteiger partial charge on any atom is -0.508 e. The molecule has 84 valence electrons. The molecule has 15 heavy (non-hydrogen) atoms. The van der Waals surface area contributed by atoms with Gasteiger partial charge in [0.05, 0.1) is 0 Å². The second-order valence-corrected chi connectivity index (χ2v) is 4.67. The van der Waals surface area contributed by atoms with Gasteiger partial charge in [0.15, 0.2) is 0 Å². The Balaban J connectivity index is 2.10. The third-order valence-electron chi connectivity index (χ3n) is 2.51. The van der Waals surface area contributed by atoms with Crippen molar-refractivity contribution < 1.29 is 5.11 Å². The van der Waals surface area contributed by atoms with E-state index in [-0.39, 0.29) is 0 Å². The van der Waals surface area contributed by atoms with Crippen molar-refractivity contribution in [1.29, 1.82) is 0 Å². The normalized spacial score (nSPS) is 10.5. The van der Waals surface area contributed by atoms with E-state index in [1.54, 1.807) is 6.07 Å². The van der Waals surface area contributed by atoms with Crippen LogP contribution in [0.3, 0.4) is 0 Å². The van der Waals surface area contributed by atoms with E-state index in [9.17, 15) is 5.11 Å². The van der Waals surface area contributed by atoms with Crippen molar-refractivity contribution in [2.24, 2.45) is 0 Å². The molecule has 0 aliphatic carbocycles. The molecule has 1 aromatic carbocycles. The number of benzene rings is 1. The van der Waals surface area contributed by atoms with Crippen LogP contribution in [-0.4, -0.2) is 10.4 Å². The summed E-state index contributed by atoms with van der Waals surface area (Å²) in [5.41, 5.74) is 1.25. The van der Waals surface area contributed by atoms with Crippen LogP contribution in [0, 0.1) is 0 Å². The lowest BCUT2D eigenvalue weighted by molar-refractivity contribution is 0.474. The van der Waals surface area contributed by atoms with Gasteiger partial charge in [-0.2, -0.15) is 0 Å². The van der Waals surface area contributed by atoms with Gasteiger partial charge in [-0.1, -0.05) is 47.3 Å². The molecule has 1 nitrogen and oxygen atoms in total. The summed E-state index contributed by atoms with van der Waals surface area (Å²) in [6.07, 6.45) is 7.54. The standard InChI is InChI=1S/C13H19BrO/c14-10-5-3-1-2-4-7-12-8-6-9-13(15)11-12/h6,8-9,11,15H,1-5,7,10H2. The first-order valence-electron chi connectivity index (χ1n) is 5.67. The van der Waals surface area contributed by atoms with Gasteiger partial charge in [0.2, 0.25) is 0 Å². The number of phenolic OH excluding ortho intramolecular Hbond substituents is 1. The molecule has 0 atom stereocenters. The summed E-state index contributed by atoms with van der Waals surface area (Å²) in [7, 11) is 0. The largest absolute Gasteiger partial charge is 0.508 e. The van der Waals surface area contributed by atoms with Crippen LogP contribution >= 0.6 is 15.9 Å². The van der Waals surface area contributed by atoms with Gasteiger partial charge < -0.3 is 5.11 Å². The van der Waals surface area contributed by atoms with Gasteiger partial charge in [0.1, 0.15) is 5.75 Å². The van der Waals surface area contributed by atoms with Crippen molar-refractivity contribution in [1.82, 2.24) is 0 Å².